The maximum Gasteiger partial charge on any atom is 0.233 e. The van der Waals surface area contributed by atoms with Gasteiger partial charge in [-0.3, -0.25) is 4.79 Å². The van der Waals surface area contributed by atoms with Crippen molar-refractivity contribution >= 4 is 27.4 Å². The van der Waals surface area contributed by atoms with E-state index in [1.807, 2.05) is 63.5 Å². The van der Waals surface area contributed by atoms with Crippen molar-refractivity contribution < 1.29 is 13.2 Å². The van der Waals surface area contributed by atoms with Crippen molar-refractivity contribution in [3.05, 3.63) is 59.4 Å². The molecule has 10 nitrogen and oxygen atoms in total. The number of anilines is 1. The van der Waals surface area contributed by atoms with Crippen LogP contribution in [0.5, 0.6) is 0 Å². The summed E-state index contributed by atoms with van der Waals surface area (Å²) in [5.41, 5.74) is 8.75. The Balaban J connectivity index is 1.42. The molecule has 4 heterocycles. The topological polar surface area (TPSA) is 117 Å². The predicted molar refractivity (Wildman–Crippen MR) is 152 cm³/mol. The zero-order chi connectivity index (χ0) is 27.9. The first-order valence-corrected chi connectivity index (χ1v) is 15.3. The smallest absolute Gasteiger partial charge is 0.233 e. The van der Waals surface area contributed by atoms with E-state index < -0.39 is 15.4 Å². The molecule has 2 aliphatic rings. The Morgan fingerprint density at radius 2 is 1.90 bits per heavy atom. The van der Waals surface area contributed by atoms with Crippen LogP contribution in [0.15, 0.2) is 42.6 Å². The summed E-state index contributed by atoms with van der Waals surface area (Å²) in [5, 5.41) is 4.79. The van der Waals surface area contributed by atoms with Gasteiger partial charge in [0, 0.05) is 57.1 Å². The van der Waals surface area contributed by atoms with E-state index in [-0.39, 0.29) is 23.7 Å². The second-order valence-electron chi connectivity index (χ2n) is 11.0. The molecule has 1 amide bonds. The lowest BCUT2D eigenvalue weighted by Crippen LogP contribution is -2.53. The Kier molecular flexibility index (Phi) is 7.43. The van der Waals surface area contributed by atoms with E-state index in [9.17, 15) is 13.2 Å². The average molecular weight is 554 g/mol. The Labute approximate surface area is 230 Å². The molecule has 2 aromatic heterocycles. The lowest BCUT2D eigenvalue weighted by atomic mass is 9.72. The van der Waals surface area contributed by atoms with Crippen molar-refractivity contribution in [3.63, 3.8) is 0 Å². The fraction of sp³-hybridized carbons (Fsp3) is 0.536. The Morgan fingerprint density at radius 3 is 2.51 bits per heavy atom. The number of rotatable bonds is 7. The zero-order valence-corrected chi connectivity index (χ0v) is 24.1. The third-order valence-electron chi connectivity index (χ3n) is 8.55. The molecule has 2 fully saturated rings. The highest BCUT2D eigenvalue weighted by Crippen LogP contribution is 2.39. The van der Waals surface area contributed by atoms with Gasteiger partial charge in [-0.25, -0.2) is 22.2 Å². The lowest BCUT2D eigenvalue weighted by molar-refractivity contribution is -0.139. The number of aromatic nitrogens is 3. The van der Waals surface area contributed by atoms with Gasteiger partial charge < -0.3 is 15.5 Å². The molecule has 0 radical (unpaired) electrons. The van der Waals surface area contributed by atoms with Crippen LogP contribution in [0.3, 0.4) is 0 Å². The van der Waals surface area contributed by atoms with Crippen LogP contribution in [-0.2, 0) is 20.2 Å². The predicted octanol–water partition coefficient (Wildman–Crippen LogP) is 2.48. The van der Waals surface area contributed by atoms with Gasteiger partial charge in [0.15, 0.2) is 5.65 Å². The summed E-state index contributed by atoms with van der Waals surface area (Å²) in [5.74, 6) is 0.961. The van der Waals surface area contributed by atoms with Gasteiger partial charge in [-0.2, -0.15) is 5.10 Å². The van der Waals surface area contributed by atoms with Crippen molar-refractivity contribution in [1.29, 1.82) is 0 Å². The Hall–Kier alpha value is -3.02. The van der Waals surface area contributed by atoms with E-state index in [0.29, 0.717) is 25.9 Å². The number of piperidine rings is 1. The summed E-state index contributed by atoms with van der Waals surface area (Å²) in [6.45, 7) is 7.97. The minimum absolute atomic E-state index is 0.0253. The lowest BCUT2D eigenvalue weighted by Gasteiger charge is -2.43. The summed E-state index contributed by atoms with van der Waals surface area (Å²) in [7, 11) is -1.50. The second kappa shape index (κ2) is 10.5. The number of carbonyl (C=O) groups is 1. The standard InChI is InChI=1S/C28H39N7O3S/c1-5-39(37,38)34-15-12-28(13-16-34,22-9-7-6-8-10-22)27(36)32(4)21(3)24-17-25-30-26(20(2)18-35(25)31-24)33-14-11-23(29)19-33/h6-10,17-18,21,23H,5,11-16,19,29H2,1-4H3/t21-,23-/m0/s1. The van der Waals surface area contributed by atoms with Gasteiger partial charge in [0.05, 0.1) is 22.9 Å². The molecule has 210 valence electrons. The van der Waals surface area contributed by atoms with Crippen molar-refractivity contribution in [2.24, 2.45) is 5.73 Å². The molecule has 0 aliphatic carbocycles. The summed E-state index contributed by atoms with van der Waals surface area (Å²) in [4.78, 5) is 23.2. The van der Waals surface area contributed by atoms with Crippen molar-refractivity contribution in [2.45, 2.75) is 57.5 Å². The van der Waals surface area contributed by atoms with Crippen LogP contribution < -0.4 is 10.6 Å². The van der Waals surface area contributed by atoms with Crippen LogP contribution in [0.1, 0.15) is 56.0 Å². The molecule has 0 bridgehead atoms. The first-order chi connectivity index (χ1) is 18.6. The average Bonchev–Trinajstić information content (AvgIpc) is 3.57. The number of likely N-dealkylation sites (N-methyl/N-ethyl adjacent to an activating group) is 1. The van der Waals surface area contributed by atoms with Crippen LogP contribution >= 0.6 is 0 Å². The van der Waals surface area contributed by atoms with E-state index in [1.165, 1.54) is 4.31 Å². The fourth-order valence-electron chi connectivity index (χ4n) is 5.95. The quantitative estimate of drug-likeness (QED) is 0.478. The number of benzene rings is 1. The molecule has 11 heteroatoms. The number of carbonyl (C=O) groups excluding carboxylic acids is 1. The van der Waals surface area contributed by atoms with Gasteiger partial charge in [-0.15, -0.1) is 0 Å². The molecule has 0 unspecified atom stereocenters. The number of amides is 1. The van der Waals surface area contributed by atoms with Crippen molar-refractivity contribution in [1.82, 2.24) is 23.8 Å². The highest BCUT2D eigenvalue weighted by Gasteiger charge is 2.46. The largest absolute Gasteiger partial charge is 0.355 e. The maximum atomic E-state index is 14.3. The molecule has 0 saturated carbocycles. The number of nitrogens with zero attached hydrogens (tertiary/aromatic N) is 6. The van der Waals surface area contributed by atoms with Crippen LogP contribution in [0.2, 0.25) is 0 Å². The normalized spacial score (nSPS) is 20.8. The van der Waals surface area contributed by atoms with E-state index in [1.54, 1.807) is 16.3 Å². The third kappa shape index (κ3) is 5.03. The van der Waals surface area contributed by atoms with Gasteiger partial charge in [0.25, 0.3) is 0 Å². The van der Waals surface area contributed by atoms with Gasteiger partial charge in [0.1, 0.15) is 5.82 Å². The zero-order valence-electron chi connectivity index (χ0n) is 23.2. The first-order valence-electron chi connectivity index (χ1n) is 13.7. The SMILES string of the molecule is CCS(=O)(=O)N1CCC(C(=O)N(C)[C@@H](C)c2cc3nc(N4CC[C@H](N)C4)c(C)cn3n2)(c2ccccc2)CC1. The molecule has 3 aromatic rings. The molecule has 2 saturated heterocycles. The van der Waals surface area contributed by atoms with E-state index in [0.717, 1.165) is 47.8 Å². The maximum absolute atomic E-state index is 14.3. The van der Waals surface area contributed by atoms with Crippen molar-refractivity contribution in [3.8, 4) is 0 Å². The minimum Gasteiger partial charge on any atom is -0.355 e. The first kappa shape index (κ1) is 27.5. The summed E-state index contributed by atoms with van der Waals surface area (Å²) < 4.78 is 28.4. The molecular weight excluding hydrogens is 514 g/mol. The summed E-state index contributed by atoms with van der Waals surface area (Å²) in [6.07, 6.45) is 3.79. The van der Waals surface area contributed by atoms with E-state index in [2.05, 4.69) is 4.90 Å². The number of hydrogen-bond acceptors (Lipinski definition) is 7. The van der Waals surface area contributed by atoms with Gasteiger partial charge >= 0.3 is 0 Å². The highest BCUT2D eigenvalue weighted by molar-refractivity contribution is 7.89. The van der Waals surface area contributed by atoms with E-state index >= 15 is 0 Å². The van der Waals surface area contributed by atoms with Gasteiger partial charge in [-0.05, 0) is 45.6 Å². The number of fused-ring (bicyclic) bond motifs is 1. The van der Waals surface area contributed by atoms with Crippen molar-refractivity contribution in [2.75, 3.05) is 43.9 Å². The minimum atomic E-state index is -3.31. The number of nitrogens with two attached hydrogens (primary N) is 1. The molecule has 2 aliphatic heterocycles. The van der Waals surface area contributed by atoms with Crippen LogP contribution in [0.4, 0.5) is 5.82 Å². The number of sulfonamides is 1. The molecule has 39 heavy (non-hydrogen) atoms. The van der Waals surface area contributed by atoms with Gasteiger partial charge in [0.2, 0.25) is 15.9 Å². The summed E-state index contributed by atoms with van der Waals surface area (Å²) in [6, 6.07) is 11.6. The molecule has 2 atom stereocenters. The Morgan fingerprint density at radius 1 is 1.21 bits per heavy atom. The molecular formula is C28H39N7O3S. The second-order valence-corrected chi connectivity index (χ2v) is 13.2. The molecule has 1 aromatic carbocycles. The highest BCUT2D eigenvalue weighted by atomic mass is 32.2. The van der Waals surface area contributed by atoms with Crippen LogP contribution in [0, 0.1) is 6.92 Å². The monoisotopic (exact) mass is 553 g/mol. The van der Waals surface area contributed by atoms with Crippen LogP contribution in [-0.4, -0.2) is 83.1 Å². The van der Waals surface area contributed by atoms with Gasteiger partial charge in [-0.1, -0.05) is 30.3 Å². The molecule has 2 N–H and O–H groups in total. The third-order valence-corrected chi connectivity index (χ3v) is 10.4. The van der Waals surface area contributed by atoms with E-state index in [4.69, 9.17) is 15.8 Å². The number of hydrogen-bond donors (Lipinski definition) is 1. The Bertz CT molecular complexity index is 1450. The van der Waals surface area contributed by atoms with Crippen LogP contribution in [0.25, 0.3) is 5.65 Å². The molecule has 5 rings (SSSR count). The molecule has 0 spiro atoms. The fourth-order valence-corrected chi connectivity index (χ4v) is 7.05. The summed E-state index contributed by atoms with van der Waals surface area (Å²) >= 11 is 0. The number of aryl methyl sites for hydroxylation is 1.